The average Bonchev–Trinajstić information content (AvgIpc) is 2.19. The predicted octanol–water partition coefficient (Wildman–Crippen LogP) is 4.34. The van der Waals surface area contributed by atoms with Gasteiger partial charge in [0.05, 0.1) is 6.61 Å². The molecule has 14 heavy (non-hydrogen) atoms. The summed E-state index contributed by atoms with van der Waals surface area (Å²) >= 11 is 11.6. The van der Waals surface area contributed by atoms with Crippen LogP contribution in [-0.4, -0.2) is 6.61 Å². The highest BCUT2D eigenvalue weighted by molar-refractivity contribution is 6.44. The summed E-state index contributed by atoms with van der Waals surface area (Å²) in [6, 6.07) is 7.59. The Bertz CT molecular complexity index is 274. The highest BCUT2D eigenvalue weighted by Gasteiger charge is 2.09. The molecule has 0 saturated heterocycles. The summed E-state index contributed by atoms with van der Waals surface area (Å²) in [5, 5.41) is 0. The van der Waals surface area contributed by atoms with E-state index in [0.717, 1.165) is 24.2 Å². The van der Waals surface area contributed by atoms with E-state index in [0.29, 0.717) is 6.61 Å². The van der Waals surface area contributed by atoms with E-state index in [1.807, 2.05) is 24.3 Å². The fourth-order valence-corrected chi connectivity index (χ4v) is 1.48. The molecule has 0 saturated carbocycles. The van der Waals surface area contributed by atoms with Crippen LogP contribution < -0.4 is 4.74 Å². The highest BCUT2D eigenvalue weighted by Crippen LogP contribution is 2.32. The topological polar surface area (TPSA) is 9.23 Å². The van der Waals surface area contributed by atoms with Gasteiger partial charge in [0.1, 0.15) is 10.6 Å². The van der Waals surface area contributed by atoms with Crippen LogP contribution in [0.25, 0.3) is 0 Å². The molecule has 1 aromatic carbocycles. The molecule has 0 radical (unpaired) electrons. The molecule has 1 nitrogen and oxygen atoms in total. The Balaban J connectivity index is 2.64. The first-order chi connectivity index (χ1) is 6.75. The zero-order valence-electron chi connectivity index (χ0n) is 8.17. The minimum Gasteiger partial charge on any atom is -0.493 e. The van der Waals surface area contributed by atoms with Crippen LogP contribution in [0.5, 0.6) is 5.75 Å². The van der Waals surface area contributed by atoms with Crippen molar-refractivity contribution >= 4 is 23.2 Å². The van der Waals surface area contributed by atoms with Gasteiger partial charge in [0.25, 0.3) is 0 Å². The smallest absolute Gasteiger partial charge is 0.136 e. The summed E-state index contributed by atoms with van der Waals surface area (Å²) in [5.41, 5.74) is 0.840. The number of para-hydroxylation sites is 1. The zero-order chi connectivity index (χ0) is 10.4. The molecule has 78 valence electrons. The lowest BCUT2D eigenvalue weighted by Crippen LogP contribution is -1.99. The van der Waals surface area contributed by atoms with Crippen molar-refractivity contribution in [3.8, 4) is 5.75 Å². The maximum atomic E-state index is 5.81. The zero-order valence-corrected chi connectivity index (χ0v) is 9.68. The first kappa shape index (κ1) is 11.7. The Morgan fingerprint density at radius 3 is 2.64 bits per heavy atom. The number of benzene rings is 1. The van der Waals surface area contributed by atoms with E-state index in [1.165, 1.54) is 0 Å². The van der Waals surface area contributed by atoms with Crippen LogP contribution in [0.15, 0.2) is 24.3 Å². The maximum absolute atomic E-state index is 5.81. The molecule has 0 bridgehead atoms. The monoisotopic (exact) mass is 232 g/mol. The molecule has 0 aliphatic rings. The second-order valence-electron chi connectivity index (χ2n) is 3.04. The normalized spacial score (nSPS) is 10.6. The molecule has 0 atom stereocenters. The van der Waals surface area contributed by atoms with Gasteiger partial charge in [-0.15, -0.1) is 0 Å². The van der Waals surface area contributed by atoms with Crippen molar-refractivity contribution in [2.45, 2.75) is 24.6 Å². The molecule has 3 heteroatoms. The number of halogens is 2. The summed E-state index contributed by atoms with van der Waals surface area (Å²) < 4.78 is 5.57. The van der Waals surface area contributed by atoms with Crippen molar-refractivity contribution in [3.63, 3.8) is 0 Å². The van der Waals surface area contributed by atoms with Crippen LogP contribution in [0.4, 0.5) is 0 Å². The SMILES string of the molecule is CCCCOc1ccccc1C(Cl)Cl. The molecule has 1 rings (SSSR count). The largest absolute Gasteiger partial charge is 0.493 e. The van der Waals surface area contributed by atoms with Crippen LogP contribution in [0.3, 0.4) is 0 Å². The molecular formula is C11H14Cl2O. The molecule has 0 aliphatic heterocycles. The molecule has 1 aromatic rings. The van der Waals surface area contributed by atoms with E-state index in [9.17, 15) is 0 Å². The van der Waals surface area contributed by atoms with Crippen molar-refractivity contribution in [1.82, 2.24) is 0 Å². The Morgan fingerprint density at radius 1 is 1.29 bits per heavy atom. The van der Waals surface area contributed by atoms with Gasteiger partial charge in [-0.1, -0.05) is 54.7 Å². The van der Waals surface area contributed by atoms with Gasteiger partial charge in [0, 0.05) is 5.56 Å². The van der Waals surface area contributed by atoms with E-state index in [-0.39, 0.29) is 0 Å². The third kappa shape index (κ3) is 3.39. The van der Waals surface area contributed by atoms with Gasteiger partial charge in [-0.05, 0) is 12.5 Å². The summed E-state index contributed by atoms with van der Waals surface area (Å²) in [6.07, 6.45) is 2.16. The van der Waals surface area contributed by atoms with Crippen molar-refractivity contribution in [2.24, 2.45) is 0 Å². The van der Waals surface area contributed by atoms with Gasteiger partial charge in [-0.2, -0.15) is 0 Å². The minimum atomic E-state index is -0.521. The molecule has 0 heterocycles. The Hall–Kier alpha value is -0.400. The molecule has 0 N–H and O–H groups in total. The number of ether oxygens (including phenoxy) is 1. The van der Waals surface area contributed by atoms with Gasteiger partial charge >= 0.3 is 0 Å². The van der Waals surface area contributed by atoms with Gasteiger partial charge in [0.2, 0.25) is 0 Å². The first-order valence-electron chi connectivity index (χ1n) is 4.75. The average molecular weight is 233 g/mol. The van der Waals surface area contributed by atoms with E-state index < -0.39 is 4.84 Å². The van der Waals surface area contributed by atoms with Crippen molar-refractivity contribution < 1.29 is 4.74 Å². The second kappa shape index (κ2) is 6.15. The third-order valence-corrected chi connectivity index (χ3v) is 2.38. The molecule has 0 aromatic heterocycles. The maximum Gasteiger partial charge on any atom is 0.136 e. The van der Waals surface area contributed by atoms with E-state index in [1.54, 1.807) is 0 Å². The molecule has 0 unspecified atom stereocenters. The Kier molecular flexibility index (Phi) is 5.13. The molecule has 0 amide bonds. The number of alkyl halides is 2. The lowest BCUT2D eigenvalue weighted by molar-refractivity contribution is 0.307. The van der Waals surface area contributed by atoms with Crippen LogP contribution in [0, 0.1) is 0 Å². The lowest BCUT2D eigenvalue weighted by atomic mass is 10.2. The number of hydrogen-bond acceptors (Lipinski definition) is 1. The third-order valence-electron chi connectivity index (χ3n) is 1.91. The molecule has 0 spiro atoms. The van der Waals surface area contributed by atoms with Gasteiger partial charge < -0.3 is 4.74 Å². The van der Waals surface area contributed by atoms with E-state index in [2.05, 4.69) is 6.92 Å². The van der Waals surface area contributed by atoms with Crippen LogP contribution >= 0.6 is 23.2 Å². The van der Waals surface area contributed by atoms with Gasteiger partial charge in [0.15, 0.2) is 0 Å². The minimum absolute atomic E-state index is 0.521. The molecule has 0 aliphatic carbocycles. The fourth-order valence-electron chi connectivity index (χ4n) is 1.12. The van der Waals surface area contributed by atoms with Gasteiger partial charge in [-0.25, -0.2) is 0 Å². The molecular weight excluding hydrogens is 219 g/mol. The highest BCUT2D eigenvalue weighted by atomic mass is 35.5. The second-order valence-corrected chi connectivity index (χ2v) is 4.14. The van der Waals surface area contributed by atoms with Crippen molar-refractivity contribution in [3.05, 3.63) is 29.8 Å². The fraction of sp³-hybridized carbons (Fsp3) is 0.455. The summed E-state index contributed by atoms with van der Waals surface area (Å²) in [4.78, 5) is -0.521. The van der Waals surface area contributed by atoms with Gasteiger partial charge in [-0.3, -0.25) is 0 Å². The van der Waals surface area contributed by atoms with Crippen LogP contribution in [-0.2, 0) is 0 Å². The first-order valence-corrected chi connectivity index (χ1v) is 5.63. The quantitative estimate of drug-likeness (QED) is 0.542. The predicted molar refractivity (Wildman–Crippen MR) is 61.3 cm³/mol. The summed E-state index contributed by atoms with van der Waals surface area (Å²) in [6.45, 7) is 2.84. The van der Waals surface area contributed by atoms with Crippen LogP contribution in [0.2, 0.25) is 0 Å². The van der Waals surface area contributed by atoms with Crippen LogP contribution in [0.1, 0.15) is 30.2 Å². The summed E-state index contributed by atoms with van der Waals surface area (Å²) in [5.74, 6) is 0.788. The standard InChI is InChI=1S/C11H14Cl2O/c1-2-3-8-14-10-7-5-4-6-9(10)11(12)13/h4-7,11H,2-3,8H2,1H3. The number of rotatable bonds is 5. The lowest BCUT2D eigenvalue weighted by Gasteiger charge is -2.11. The Labute approximate surface area is 95.0 Å². The molecule has 0 fully saturated rings. The van der Waals surface area contributed by atoms with Crippen molar-refractivity contribution in [1.29, 1.82) is 0 Å². The number of unbranched alkanes of at least 4 members (excludes halogenated alkanes) is 1. The van der Waals surface area contributed by atoms with E-state index in [4.69, 9.17) is 27.9 Å². The summed E-state index contributed by atoms with van der Waals surface area (Å²) in [7, 11) is 0. The number of hydrogen-bond donors (Lipinski definition) is 0. The Morgan fingerprint density at radius 2 is 2.00 bits per heavy atom. The van der Waals surface area contributed by atoms with E-state index >= 15 is 0 Å². The van der Waals surface area contributed by atoms with Crippen molar-refractivity contribution in [2.75, 3.05) is 6.61 Å².